The number of aryl methyl sites for hydroxylation is 1. The molecule has 136 valence electrons. The molecule has 0 spiro atoms. The molecule has 2 N–H and O–H groups in total. The van der Waals surface area contributed by atoms with Gasteiger partial charge in [-0.15, -0.1) is 11.3 Å². The number of carbonyl (C=O) groups is 2. The molecular formula is C20H22N2O3S. The van der Waals surface area contributed by atoms with Crippen LogP contribution in [-0.4, -0.2) is 17.0 Å². The summed E-state index contributed by atoms with van der Waals surface area (Å²) >= 11 is 1.51. The van der Waals surface area contributed by atoms with Crippen LogP contribution in [0.25, 0.3) is 0 Å². The van der Waals surface area contributed by atoms with E-state index in [0.717, 1.165) is 37.7 Å². The van der Waals surface area contributed by atoms with Crippen LogP contribution in [0.3, 0.4) is 0 Å². The van der Waals surface area contributed by atoms with Gasteiger partial charge in [0.25, 0.3) is 0 Å². The lowest BCUT2D eigenvalue weighted by atomic mass is 9.82. The Morgan fingerprint density at radius 3 is 2.50 bits per heavy atom. The van der Waals surface area contributed by atoms with E-state index in [1.54, 1.807) is 0 Å². The number of allylic oxidation sites excluding steroid dienone is 2. The van der Waals surface area contributed by atoms with Crippen LogP contribution in [0.4, 0.5) is 5.00 Å². The monoisotopic (exact) mass is 370 g/mol. The number of nitriles is 1. The summed E-state index contributed by atoms with van der Waals surface area (Å²) in [6, 6.07) is 2.28. The van der Waals surface area contributed by atoms with E-state index in [0.29, 0.717) is 10.6 Å². The molecule has 0 radical (unpaired) electrons. The first-order valence-corrected chi connectivity index (χ1v) is 10.2. The molecule has 0 aliphatic heterocycles. The normalized spacial score (nSPS) is 29.5. The third-order valence-electron chi connectivity index (χ3n) is 6.07. The minimum absolute atomic E-state index is 0.00683. The molecule has 1 aromatic rings. The Hall–Kier alpha value is -2.13. The van der Waals surface area contributed by atoms with E-state index in [2.05, 4.69) is 11.4 Å². The average Bonchev–Trinajstić information content (AvgIpc) is 3.27. The van der Waals surface area contributed by atoms with Gasteiger partial charge >= 0.3 is 5.97 Å². The number of rotatable bonds is 3. The summed E-state index contributed by atoms with van der Waals surface area (Å²) < 4.78 is 0. The van der Waals surface area contributed by atoms with Gasteiger partial charge in [-0.2, -0.15) is 5.26 Å². The zero-order chi connectivity index (χ0) is 18.3. The molecular weight excluding hydrogens is 348 g/mol. The van der Waals surface area contributed by atoms with E-state index in [4.69, 9.17) is 0 Å². The fraction of sp³-hybridized carbons (Fsp3) is 0.550. The van der Waals surface area contributed by atoms with Gasteiger partial charge in [-0.3, -0.25) is 9.59 Å². The SMILES string of the molecule is N#Cc1c(NC(=O)[C@@H]2[C@H](C(=O)O)[C@H]3C=C[C@H]2C3)sc2c1CCCCCC2. The number of carboxylic acid groups (broad SMARTS) is 1. The Morgan fingerprint density at radius 2 is 1.81 bits per heavy atom. The molecule has 1 heterocycles. The van der Waals surface area contributed by atoms with Crippen molar-refractivity contribution in [2.75, 3.05) is 5.32 Å². The molecule has 1 fully saturated rings. The number of nitrogens with zero attached hydrogens (tertiary/aromatic N) is 1. The van der Waals surface area contributed by atoms with Gasteiger partial charge in [0.1, 0.15) is 11.1 Å². The number of carbonyl (C=O) groups excluding carboxylic acids is 1. The van der Waals surface area contributed by atoms with E-state index in [1.165, 1.54) is 29.1 Å². The van der Waals surface area contributed by atoms with Crippen LogP contribution >= 0.6 is 11.3 Å². The van der Waals surface area contributed by atoms with Crippen LogP contribution < -0.4 is 5.32 Å². The molecule has 2 bridgehead atoms. The minimum Gasteiger partial charge on any atom is -0.481 e. The second-order valence-corrected chi connectivity index (χ2v) is 8.67. The topological polar surface area (TPSA) is 90.2 Å². The molecule has 1 aromatic heterocycles. The van der Waals surface area contributed by atoms with E-state index in [-0.39, 0.29) is 17.7 Å². The molecule has 6 heteroatoms. The number of carboxylic acids is 1. The molecule has 26 heavy (non-hydrogen) atoms. The van der Waals surface area contributed by atoms with Gasteiger partial charge in [-0.1, -0.05) is 25.0 Å². The Morgan fingerprint density at radius 1 is 1.12 bits per heavy atom. The third-order valence-corrected chi connectivity index (χ3v) is 7.27. The minimum atomic E-state index is -0.902. The zero-order valence-corrected chi connectivity index (χ0v) is 15.3. The summed E-state index contributed by atoms with van der Waals surface area (Å²) in [5.41, 5.74) is 1.68. The molecule has 0 aromatic carbocycles. The molecule has 1 amide bonds. The Bertz CT molecular complexity index is 820. The van der Waals surface area contributed by atoms with E-state index >= 15 is 0 Å². The molecule has 1 saturated carbocycles. The summed E-state index contributed by atoms with van der Waals surface area (Å²) in [6.07, 6.45) is 11.1. The van der Waals surface area contributed by atoms with Crippen LogP contribution in [0.2, 0.25) is 0 Å². The number of anilines is 1. The van der Waals surface area contributed by atoms with Crippen molar-refractivity contribution >= 4 is 28.2 Å². The number of thiophene rings is 1. The number of nitrogens with one attached hydrogen (secondary N) is 1. The highest BCUT2D eigenvalue weighted by molar-refractivity contribution is 7.16. The highest BCUT2D eigenvalue weighted by Gasteiger charge is 2.51. The van der Waals surface area contributed by atoms with Crippen molar-refractivity contribution in [3.05, 3.63) is 28.2 Å². The first-order chi connectivity index (χ1) is 12.6. The predicted molar refractivity (Wildman–Crippen MR) is 98.9 cm³/mol. The highest BCUT2D eigenvalue weighted by atomic mass is 32.1. The number of hydrogen-bond acceptors (Lipinski definition) is 4. The summed E-state index contributed by atoms with van der Waals surface area (Å²) in [7, 11) is 0. The largest absolute Gasteiger partial charge is 0.481 e. The van der Waals surface area contributed by atoms with Crippen molar-refractivity contribution in [2.24, 2.45) is 23.7 Å². The molecule has 4 rings (SSSR count). The molecule has 4 atom stereocenters. The van der Waals surface area contributed by atoms with Gasteiger partial charge < -0.3 is 10.4 Å². The summed E-state index contributed by atoms with van der Waals surface area (Å²) in [5, 5.41) is 22.7. The second-order valence-electron chi connectivity index (χ2n) is 7.56. The zero-order valence-electron chi connectivity index (χ0n) is 14.5. The van der Waals surface area contributed by atoms with Crippen LogP contribution in [0.15, 0.2) is 12.2 Å². The van der Waals surface area contributed by atoms with E-state index in [9.17, 15) is 20.0 Å². The predicted octanol–water partition coefficient (Wildman–Crippen LogP) is 3.74. The smallest absolute Gasteiger partial charge is 0.307 e. The highest BCUT2D eigenvalue weighted by Crippen LogP contribution is 2.49. The van der Waals surface area contributed by atoms with Crippen molar-refractivity contribution in [1.29, 1.82) is 5.26 Å². The molecule has 5 nitrogen and oxygen atoms in total. The molecule has 0 saturated heterocycles. The van der Waals surface area contributed by atoms with Crippen molar-refractivity contribution in [2.45, 2.75) is 44.9 Å². The average molecular weight is 370 g/mol. The number of fused-ring (bicyclic) bond motifs is 3. The van der Waals surface area contributed by atoms with Gasteiger partial charge in [-0.05, 0) is 49.5 Å². The summed E-state index contributed by atoms with van der Waals surface area (Å²) in [5.74, 6) is -2.41. The number of hydrogen-bond donors (Lipinski definition) is 2. The Labute approximate surface area is 156 Å². The van der Waals surface area contributed by atoms with Crippen molar-refractivity contribution in [3.8, 4) is 6.07 Å². The van der Waals surface area contributed by atoms with Crippen molar-refractivity contribution < 1.29 is 14.7 Å². The third kappa shape index (κ3) is 2.84. The second kappa shape index (κ2) is 6.88. The quantitative estimate of drug-likeness (QED) is 0.793. The lowest BCUT2D eigenvalue weighted by Crippen LogP contribution is -2.36. The molecule has 3 aliphatic carbocycles. The van der Waals surface area contributed by atoms with Gasteiger partial charge in [0.2, 0.25) is 5.91 Å². The first kappa shape index (κ1) is 17.3. The van der Waals surface area contributed by atoms with Crippen molar-refractivity contribution in [3.63, 3.8) is 0 Å². The summed E-state index contributed by atoms with van der Waals surface area (Å²) in [4.78, 5) is 25.8. The lowest BCUT2D eigenvalue weighted by Gasteiger charge is -2.23. The maximum absolute atomic E-state index is 12.9. The van der Waals surface area contributed by atoms with Gasteiger partial charge in [0.15, 0.2) is 0 Å². The molecule has 3 aliphatic rings. The van der Waals surface area contributed by atoms with Crippen LogP contribution in [0, 0.1) is 35.0 Å². The van der Waals surface area contributed by atoms with Gasteiger partial charge in [0, 0.05) is 4.88 Å². The van der Waals surface area contributed by atoms with Crippen LogP contribution in [0.5, 0.6) is 0 Å². The fourth-order valence-corrected chi connectivity index (χ4v) is 6.08. The number of amides is 1. The van der Waals surface area contributed by atoms with Gasteiger partial charge in [-0.25, -0.2) is 0 Å². The first-order valence-electron chi connectivity index (χ1n) is 9.36. The summed E-state index contributed by atoms with van der Waals surface area (Å²) in [6.45, 7) is 0. The number of aliphatic carboxylic acids is 1. The molecule has 0 unspecified atom stereocenters. The van der Waals surface area contributed by atoms with Gasteiger partial charge in [0.05, 0.1) is 17.4 Å². The fourth-order valence-electron chi connectivity index (χ4n) is 4.84. The lowest BCUT2D eigenvalue weighted by molar-refractivity contribution is -0.146. The van der Waals surface area contributed by atoms with E-state index < -0.39 is 17.8 Å². The maximum atomic E-state index is 12.9. The van der Waals surface area contributed by atoms with E-state index in [1.807, 2.05) is 12.2 Å². The Balaban J connectivity index is 1.60. The Kier molecular flexibility index (Phi) is 4.58. The van der Waals surface area contributed by atoms with Crippen LogP contribution in [0.1, 0.15) is 48.1 Å². The van der Waals surface area contributed by atoms with Crippen LogP contribution in [-0.2, 0) is 22.4 Å². The standard InChI is InChI=1S/C20H22N2O3S/c21-10-14-13-5-3-1-2-4-6-15(13)26-19(14)22-18(23)16-11-7-8-12(9-11)17(16)20(24)25/h7-8,11-12,16-17H,1-6,9H2,(H,22,23)(H,24,25)/t11-,12-,16-,17+/m0/s1. The van der Waals surface area contributed by atoms with Crippen molar-refractivity contribution in [1.82, 2.24) is 0 Å². The maximum Gasteiger partial charge on any atom is 0.307 e.